The molecule has 0 radical (unpaired) electrons. The highest BCUT2D eigenvalue weighted by atomic mass is 16.5. The summed E-state index contributed by atoms with van der Waals surface area (Å²) >= 11 is 0. The summed E-state index contributed by atoms with van der Waals surface area (Å²) in [6, 6.07) is 8.25. The predicted molar refractivity (Wildman–Crippen MR) is 68.6 cm³/mol. The van der Waals surface area contributed by atoms with Crippen LogP contribution < -0.4 is 10.5 Å². The van der Waals surface area contributed by atoms with Crippen molar-refractivity contribution in [1.82, 2.24) is 0 Å². The number of hydrogen-bond donors (Lipinski definition) is 1. The molecule has 0 aliphatic rings. The molecule has 2 nitrogen and oxygen atoms in total. The zero-order valence-electron chi connectivity index (χ0n) is 10.7. The van der Waals surface area contributed by atoms with E-state index < -0.39 is 0 Å². The topological polar surface area (TPSA) is 35.2 Å². The van der Waals surface area contributed by atoms with Crippen molar-refractivity contribution in [2.45, 2.75) is 46.3 Å². The van der Waals surface area contributed by atoms with Gasteiger partial charge < -0.3 is 10.5 Å². The third-order valence-electron chi connectivity index (χ3n) is 2.89. The molecule has 0 aliphatic carbocycles. The highest BCUT2D eigenvalue weighted by Crippen LogP contribution is 2.24. The minimum Gasteiger partial charge on any atom is -0.491 e. The lowest BCUT2D eigenvalue weighted by molar-refractivity contribution is 0.242. The van der Waals surface area contributed by atoms with Gasteiger partial charge in [-0.3, -0.25) is 0 Å². The first kappa shape index (κ1) is 13.0. The standard InChI is InChI=1S/C14H23NO/c1-5-11(4)14(15)12-6-8-13(9-7-12)16-10(2)3/h6-11,14H,5,15H2,1-4H3. The van der Waals surface area contributed by atoms with Gasteiger partial charge in [-0.25, -0.2) is 0 Å². The van der Waals surface area contributed by atoms with Gasteiger partial charge in [-0.1, -0.05) is 32.4 Å². The lowest BCUT2D eigenvalue weighted by Crippen LogP contribution is -2.18. The van der Waals surface area contributed by atoms with Crippen LogP contribution in [0.3, 0.4) is 0 Å². The molecule has 0 bridgehead atoms. The smallest absolute Gasteiger partial charge is 0.119 e. The van der Waals surface area contributed by atoms with Crippen LogP contribution in [0.4, 0.5) is 0 Å². The van der Waals surface area contributed by atoms with Crippen molar-refractivity contribution in [2.24, 2.45) is 11.7 Å². The van der Waals surface area contributed by atoms with E-state index >= 15 is 0 Å². The summed E-state index contributed by atoms with van der Waals surface area (Å²) in [4.78, 5) is 0. The molecule has 0 amide bonds. The maximum atomic E-state index is 6.16. The highest BCUT2D eigenvalue weighted by molar-refractivity contribution is 5.29. The molecule has 2 heteroatoms. The van der Waals surface area contributed by atoms with Crippen molar-refractivity contribution in [3.8, 4) is 5.75 Å². The van der Waals surface area contributed by atoms with E-state index in [2.05, 4.69) is 26.0 Å². The Kier molecular flexibility index (Phi) is 4.81. The Labute approximate surface area is 98.8 Å². The number of ether oxygens (including phenoxy) is 1. The molecule has 0 saturated carbocycles. The highest BCUT2D eigenvalue weighted by Gasteiger charge is 2.12. The Morgan fingerprint density at radius 1 is 1.12 bits per heavy atom. The van der Waals surface area contributed by atoms with E-state index in [1.165, 1.54) is 5.56 Å². The van der Waals surface area contributed by atoms with Gasteiger partial charge in [0.1, 0.15) is 5.75 Å². The predicted octanol–water partition coefficient (Wildman–Crippen LogP) is 3.52. The van der Waals surface area contributed by atoms with Crippen LogP contribution in [0.15, 0.2) is 24.3 Å². The third-order valence-corrected chi connectivity index (χ3v) is 2.89. The van der Waals surface area contributed by atoms with E-state index in [0.717, 1.165) is 12.2 Å². The molecule has 1 rings (SSSR count). The Hall–Kier alpha value is -1.02. The zero-order valence-corrected chi connectivity index (χ0v) is 10.7. The normalized spacial score (nSPS) is 14.9. The van der Waals surface area contributed by atoms with Gasteiger partial charge in [0.05, 0.1) is 6.10 Å². The largest absolute Gasteiger partial charge is 0.491 e. The van der Waals surface area contributed by atoms with Gasteiger partial charge in [-0.15, -0.1) is 0 Å². The first-order valence-electron chi connectivity index (χ1n) is 6.06. The fourth-order valence-corrected chi connectivity index (χ4v) is 1.62. The van der Waals surface area contributed by atoms with E-state index in [1.54, 1.807) is 0 Å². The molecule has 0 heterocycles. The lowest BCUT2D eigenvalue weighted by Gasteiger charge is -2.19. The molecule has 0 saturated heterocycles. The van der Waals surface area contributed by atoms with Gasteiger partial charge in [0.15, 0.2) is 0 Å². The second-order valence-electron chi connectivity index (χ2n) is 4.65. The zero-order chi connectivity index (χ0) is 12.1. The first-order valence-corrected chi connectivity index (χ1v) is 6.06. The van der Waals surface area contributed by atoms with Gasteiger partial charge in [-0.2, -0.15) is 0 Å². The van der Waals surface area contributed by atoms with Crippen LogP contribution in [0.2, 0.25) is 0 Å². The summed E-state index contributed by atoms with van der Waals surface area (Å²) in [5.41, 5.74) is 7.35. The van der Waals surface area contributed by atoms with Crippen LogP contribution in [0.25, 0.3) is 0 Å². The summed E-state index contributed by atoms with van der Waals surface area (Å²) in [6.45, 7) is 8.40. The second-order valence-corrected chi connectivity index (χ2v) is 4.65. The van der Waals surface area contributed by atoms with Crippen LogP contribution in [-0.2, 0) is 0 Å². The van der Waals surface area contributed by atoms with Crippen molar-refractivity contribution in [3.05, 3.63) is 29.8 Å². The number of hydrogen-bond acceptors (Lipinski definition) is 2. The second kappa shape index (κ2) is 5.90. The molecule has 16 heavy (non-hydrogen) atoms. The summed E-state index contributed by atoms with van der Waals surface area (Å²) in [6.07, 6.45) is 1.32. The summed E-state index contributed by atoms with van der Waals surface area (Å²) in [5.74, 6) is 1.42. The van der Waals surface area contributed by atoms with Gasteiger partial charge >= 0.3 is 0 Å². The van der Waals surface area contributed by atoms with E-state index in [0.29, 0.717) is 5.92 Å². The average molecular weight is 221 g/mol. The summed E-state index contributed by atoms with van der Waals surface area (Å²) in [5, 5.41) is 0. The summed E-state index contributed by atoms with van der Waals surface area (Å²) in [7, 11) is 0. The molecule has 1 aromatic carbocycles. The quantitative estimate of drug-likeness (QED) is 0.825. The fraction of sp³-hybridized carbons (Fsp3) is 0.571. The van der Waals surface area contributed by atoms with E-state index in [1.807, 2.05) is 26.0 Å². The maximum Gasteiger partial charge on any atom is 0.119 e. The minimum absolute atomic E-state index is 0.123. The fourth-order valence-electron chi connectivity index (χ4n) is 1.62. The molecular formula is C14H23NO. The summed E-state index contributed by atoms with van der Waals surface area (Å²) < 4.78 is 5.59. The SMILES string of the molecule is CCC(C)C(N)c1ccc(OC(C)C)cc1. The van der Waals surface area contributed by atoms with E-state index in [4.69, 9.17) is 10.5 Å². The molecule has 0 spiro atoms. The Morgan fingerprint density at radius 3 is 2.12 bits per heavy atom. The van der Waals surface area contributed by atoms with Crippen LogP contribution >= 0.6 is 0 Å². The van der Waals surface area contributed by atoms with Gasteiger partial charge in [0.25, 0.3) is 0 Å². The lowest BCUT2D eigenvalue weighted by atomic mass is 9.93. The van der Waals surface area contributed by atoms with Crippen molar-refractivity contribution in [2.75, 3.05) is 0 Å². The monoisotopic (exact) mass is 221 g/mol. The molecule has 90 valence electrons. The van der Waals surface area contributed by atoms with Crippen LogP contribution in [0, 0.1) is 5.92 Å². The van der Waals surface area contributed by atoms with E-state index in [9.17, 15) is 0 Å². The molecule has 0 aromatic heterocycles. The molecule has 2 atom stereocenters. The van der Waals surface area contributed by atoms with Gasteiger partial charge in [-0.05, 0) is 37.5 Å². The van der Waals surface area contributed by atoms with Crippen LogP contribution in [0.1, 0.15) is 45.7 Å². The number of rotatable bonds is 5. The van der Waals surface area contributed by atoms with Gasteiger partial charge in [0, 0.05) is 6.04 Å². The molecule has 2 N–H and O–H groups in total. The number of benzene rings is 1. The molecule has 0 aliphatic heterocycles. The Morgan fingerprint density at radius 2 is 1.69 bits per heavy atom. The molecule has 1 aromatic rings. The van der Waals surface area contributed by atoms with Crippen LogP contribution in [0.5, 0.6) is 5.75 Å². The Bertz CT molecular complexity index is 305. The average Bonchev–Trinajstić information content (AvgIpc) is 2.27. The maximum absolute atomic E-state index is 6.16. The van der Waals surface area contributed by atoms with E-state index in [-0.39, 0.29) is 12.1 Å². The first-order chi connectivity index (χ1) is 7.54. The molecular weight excluding hydrogens is 198 g/mol. The third kappa shape index (κ3) is 3.53. The number of nitrogens with two attached hydrogens (primary N) is 1. The van der Waals surface area contributed by atoms with Crippen LogP contribution in [-0.4, -0.2) is 6.10 Å². The molecule has 2 unspecified atom stereocenters. The Balaban J connectivity index is 2.70. The van der Waals surface area contributed by atoms with Crippen molar-refractivity contribution >= 4 is 0 Å². The van der Waals surface area contributed by atoms with Gasteiger partial charge in [0.2, 0.25) is 0 Å². The van der Waals surface area contributed by atoms with Crippen molar-refractivity contribution in [1.29, 1.82) is 0 Å². The molecule has 0 fully saturated rings. The van der Waals surface area contributed by atoms with Crippen molar-refractivity contribution < 1.29 is 4.74 Å². The minimum atomic E-state index is 0.123. The van der Waals surface area contributed by atoms with Crippen molar-refractivity contribution in [3.63, 3.8) is 0 Å².